The molecule has 0 atom stereocenters. The van der Waals surface area contributed by atoms with Gasteiger partial charge in [0.1, 0.15) is 11.2 Å². The summed E-state index contributed by atoms with van der Waals surface area (Å²) in [4.78, 5) is 0. The van der Waals surface area contributed by atoms with Gasteiger partial charge in [-0.25, -0.2) is 0 Å². The molecule has 12 rings (SSSR count). The van der Waals surface area contributed by atoms with Crippen LogP contribution in [-0.4, -0.2) is 9.13 Å². The van der Waals surface area contributed by atoms with Gasteiger partial charge in [0.25, 0.3) is 0 Å². The molecular weight excluding hydrogens is 693 g/mol. The number of para-hydroxylation sites is 5. The van der Waals surface area contributed by atoms with Gasteiger partial charge in [-0.05, 0) is 88.5 Å². The van der Waals surface area contributed by atoms with Gasteiger partial charge >= 0.3 is 0 Å². The number of fused-ring (bicyclic) bond motifs is 9. The standard InChI is InChI=1S/C54H34N2O/c1-2-11-40(12-3-1)56-50-19-8-5-14-44(50)47-17-10-16-42(54(47)56)39-27-31-45-43-13-4-7-18-49(43)55(51(45)34-39)41-29-25-36(26-30-41)35-21-23-37(24-22-35)38-28-32-53-48(33-38)46-15-6-9-20-52(46)57-53/h1-34H. The zero-order valence-electron chi connectivity index (χ0n) is 30.9. The first-order valence-corrected chi connectivity index (χ1v) is 19.5. The molecule has 9 aromatic carbocycles. The van der Waals surface area contributed by atoms with Crippen molar-refractivity contribution in [2.75, 3.05) is 0 Å². The van der Waals surface area contributed by atoms with E-state index in [0.717, 1.165) is 33.3 Å². The average Bonchev–Trinajstić information content (AvgIpc) is 3.94. The van der Waals surface area contributed by atoms with E-state index in [1.165, 1.54) is 77.0 Å². The van der Waals surface area contributed by atoms with Gasteiger partial charge in [-0.3, -0.25) is 0 Å². The SMILES string of the molecule is c1ccc(-n2c3ccccc3c3cccc(-c4ccc5c6ccccc6n(-c6ccc(-c7ccc(-c8ccc9oc%10ccccc%10c9c8)cc7)cc6)c5c4)c32)cc1. The van der Waals surface area contributed by atoms with Crippen LogP contribution in [0.1, 0.15) is 0 Å². The Morgan fingerprint density at radius 3 is 1.58 bits per heavy atom. The summed E-state index contributed by atoms with van der Waals surface area (Å²) in [6, 6.07) is 74.5. The van der Waals surface area contributed by atoms with Crippen molar-refractivity contribution in [1.29, 1.82) is 0 Å². The molecule has 0 radical (unpaired) electrons. The molecule has 0 N–H and O–H groups in total. The highest BCUT2D eigenvalue weighted by Gasteiger charge is 2.19. The zero-order valence-corrected chi connectivity index (χ0v) is 30.9. The van der Waals surface area contributed by atoms with E-state index in [4.69, 9.17) is 4.42 Å². The summed E-state index contributed by atoms with van der Waals surface area (Å²) >= 11 is 0. The molecule has 266 valence electrons. The fraction of sp³-hybridized carbons (Fsp3) is 0. The zero-order chi connectivity index (χ0) is 37.5. The van der Waals surface area contributed by atoms with Crippen LogP contribution in [-0.2, 0) is 0 Å². The van der Waals surface area contributed by atoms with Crippen molar-refractivity contribution in [3.05, 3.63) is 206 Å². The average molecular weight is 727 g/mol. The third kappa shape index (κ3) is 4.92. The van der Waals surface area contributed by atoms with E-state index in [1.807, 2.05) is 12.1 Å². The number of hydrogen-bond donors (Lipinski definition) is 0. The Labute approximate surface area is 328 Å². The van der Waals surface area contributed by atoms with Crippen LogP contribution in [0.4, 0.5) is 0 Å². The third-order valence-corrected chi connectivity index (χ3v) is 11.7. The number of nitrogens with zero attached hydrogens (tertiary/aromatic N) is 2. The molecule has 3 heteroatoms. The summed E-state index contributed by atoms with van der Waals surface area (Å²) in [5.74, 6) is 0. The second kappa shape index (κ2) is 12.5. The van der Waals surface area contributed by atoms with Gasteiger partial charge in [-0.2, -0.15) is 0 Å². The molecule has 57 heavy (non-hydrogen) atoms. The number of benzene rings is 9. The first kappa shape index (κ1) is 31.7. The predicted octanol–water partition coefficient (Wildman–Crippen LogP) is 14.8. The summed E-state index contributed by atoms with van der Waals surface area (Å²) in [6.45, 7) is 0. The third-order valence-electron chi connectivity index (χ3n) is 11.7. The Balaban J connectivity index is 0.952. The molecule has 0 amide bonds. The Kier molecular flexibility index (Phi) is 6.93. The molecule has 0 aliphatic heterocycles. The molecule has 0 saturated heterocycles. The summed E-state index contributed by atoms with van der Waals surface area (Å²) in [5, 5.41) is 7.29. The van der Waals surface area contributed by atoms with Crippen LogP contribution in [0.25, 0.3) is 110 Å². The molecule has 3 aromatic heterocycles. The fourth-order valence-corrected chi connectivity index (χ4v) is 9.08. The number of rotatable bonds is 5. The predicted molar refractivity (Wildman–Crippen MR) is 239 cm³/mol. The highest BCUT2D eigenvalue weighted by atomic mass is 16.3. The Bertz CT molecular complexity index is 3490. The van der Waals surface area contributed by atoms with Crippen molar-refractivity contribution >= 4 is 65.6 Å². The molecule has 12 aromatic rings. The van der Waals surface area contributed by atoms with Crippen LogP contribution in [0.3, 0.4) is 0 Å². The van der Waals surface area contributed by atoms with Crippen LogP contribution in [0.15, 0.2) is 211 Å². The van der Waals surface area contributed by atoms with Crippen molar-refractivity contribution in [3.63, 3.8) is 0 Å². The van der Waals surface area contributed by atoms with Gasteiger partial charge in [0, 0.05) is 49.3 Å². The van der Waals surface area contributed by atoms with E-state index >= 15 is 0 Å². The molecule has 0 fully saturated rings. The summed E-state index contributed by atoms with van der Waals surface area (Å²) in [7, 11) is 0. The molecular formula is C54H34N2O. The molecule has 0 spiro atoms. The quantitative estimate of drug-likeness (QED) is 0.173. The highest BCUT2D eigenvalue weighted by Crippen LogP contribution is 2.41. The first-order valence-electron chi connectivity index (χ1n) is 19.5. The monoisotopic (exact) mass is 726 g/mol. The summed E-state index contributed by atoms with van der Waals surface area (Å²) in [6.07, 6.45) is 0. The lowest BCUT2D eigenvalue weighted by Gasteiger charge is -2.13. The molecule has 3 heterocycles. The van der Waals surface area contributed by atoms with Gasteiger partial charge in [0.2, 0.25) is 0 Å². The van der Waals surface area contributed by atoms with E-state index in [2.05, 4.69) is 203 Å². The lowest BCUT2D eigenvalue weighted by atomic mass is 9.99. The van der Waals surface area contributed by atoms with Crippen LogP contribution in [0.5, 0.6) is 0 Å². The second-order valence-electron chi connectivity index (χ2n) is 14.9. The maximum absolute atomic E-state index is 6.07. The number of aromatic nitrogens is 2. The molecule has 3 nitrogen and oxygen atoms in total. The Hall–Kier alpha value is -7.62. The highest BCUT2D eigenvalue weighted by molar-refractivity contribution is 6.15. The molecule has 0 aliphatic rings. The van der Waals surface area contributed by atoms with Crippen molar-refractivity contribution in [3.8, 4) is 44.8 Å². The van der Waals surface area contributed by atoms with E-state index in [-0.39, 0.29) is 0 Å². The molecule has 0 bridgehead atoms. The minimum Gasteiger partial charge on any atom is -0.456 e. The number of hydrogen-bond acceptors (Lipinski definition) is 1. The maximum Gasteiger partial charge on any atom is 0.135 e. The van der Waals surface area contributed by atoms with E-state index in [9.17, 15) is 0 Å². The summed E-state index contributed by atoms with van der Waals surface area (Å²) < 4.78 is 10.9. The lowest BCUT2D eigenvalue weighted by molar-refractivity contribution is 0.669. The van der Waals surface area contributed by atoms with Gasteiger partial charge in [0.05, 0.1) is 22.1 Å². The van der Waals surface area contributed by atoms with Gasteiger partial charge < -0.3 is 13.6 Å². The summed E-state index contributed by atoms with van der Waals surface area (Å²) in [5.41, 5.74) is 16.1. The van der Waals surface area contributed by atoms with E-state index in [0.29, 0.717) is 0 Å². The normalized spacial score (nSPS) is 11.9. The van der Waals surface area contributed by atoms with Crippen molar-refractivity contribution < 1.29 is 4.42 Å². The van der Waals surface area contributed by atoms with Crippen molar-refractivity contribution in [2.24, 2.45) is 0 Å². The second-order valence-corrected chi connectivity index (χ2v) is 14.9. The largest absolute Gasteiger partial charge is 0.456 e. The van der Waals surface area contributed by atoms with Crippen LogP contribution >= 0.6 is 0 Å². The minimum atomic E-state index is 0.917. The molecule has 0 aliphatic carbocycles. The van der Waals surface area contributed by atoms with Gasteiger partial charge in [0.15, 0.2) is 0 Å². The Morgan fingerprint density at radius 2 is 0.807 bits per heavy atom. The van der Waals surface area contributed by atoms with Gasteiger partial charge in [-0.15, -0.1) is 0 Å². The van der Waals surface area contributed by atoms with Crippen LogP contribution in [0.2, 0.25) is 0 Å². The van der Waals surface area contributed by atoms with E-state index < -0.39 is 0 Å². The maximum atomic E-state index is 6.07. The molecule has 0 saturated carbocycles. The minimum absolute atomic E-state index is 0.917. The van der Waals surface area contributed by atoms with Crippen molar-refractivity contribution in [1.82, 2.24) is 9.13 Å². The number of furan rings is 1. The van der Waals surface area contributed by atoms with Gasteiger partial charge in [-0.1, -0.05) is 146 Å². The van der Waals surface area contributed by atoms with Crippen molar-refractivity contribution in [2.45, 2.75) is 0 Å². The van der Waals surface area contributed by atoms with Crippen LogP contribution in [0, 0.1) is 0 Å². The fourth-order valence-electron chi connectivity index (χ4n) is 9.08. The topological polar surface area (TPSA) is 23.0 Å². The Morgan fingerprint density at radius 1 is 0.281 bits per heavy atom. The molecule has 0 unspecified atom stereocenters. The smallest absolute Gasteiger partial charge is 0.135 e. The first-order chi connectivity index (χ1) is 28.3. The lowest BCUT2D eigenvalue weighted by Crippen LogP contribution is -1.96. The van der Waals surface area contributed by atoms with E-state index in [1.54, 1.807) is 0 Å². The van der Waals surface area contributed by atoms with Crippen LogP contribution < -0.4 is 0 Å².